The Hall–Kier alpha value is -1.36. The number of carbonyl (C=O) groups excluding carboxylic acids is 1. The molecule has 3 rings (SSSR count). The molecule has 1 saturated carbocycles. The van der Waals surface area contributed by atoms with E-state index in [1.807, 2.05) is 6.07 Å². The molecule has 0 unspecified atom stereocenters. The van der Waals surface area contributed by atoms with Crippen molar-refractivity contribution in [3.8, 4) is 0 Å². The number of aromatic nitrogens is 2. The Kier molecular flexibility index (Phi) is 4.76. The normalized spacial score (nSPS) is 14.8. The molecule has 1 aliphatic carbocycles. The Morgan fingerprint density at radius 2 is 2.09 bits per heavy atom. The molecule has 0 bridgehead atoms. The van der Waals surface area contributed by atoms with Crippen molar-refractivity contribution in [3.05, 3.63) is 26.9 Å². The Morgan fingerprint density at radius 1 is 1.30 bits per heavy atom. The lowest BCUT2D eigenvalue weighted by atomic mass is 10.3. The molecule has 0 aliphatic heterocycles. The number of carbonyl (C=O) groups is 1. The van der Waals surface area contributed by atoms with Gasteiger partial charge in [0, 0.05) is 17.3 Å². The lowest BCUT2D eigenvalue weighted by Crippen LogP contribution is -2.24. The fraction of sp³-hybridized carbons (Fsp3) is 0.462. The van der Waals surface area contributed by atoms with Crippen molar-refractivity contribution in [1.29, 1.82) is 0 Å². The average molecular weight is 372 g/mol. The fourth-order valence-corrected chi connectivity index (χ4v) is 4.22. The largest absolute Gasteiger partial charge is 0.296 e. The summed E-state index contributed by atoms with van der Waals surface area (Å²) in [5, 5.41) is 12.3. The van der Waals surface area contributed by atoms with Crippen molar-refractivity contribution in [2.24, 2.45) is 0 Å². The molecular formula is C13H16N4O3S3. The van der Waals surface area contributed by atoms with Gasteiger partial charge in [-0.2, -0.15) is 0 Å². The predicted octanol–water partition coefficient (Wildman–Crippen LogP) is 1.82. The van der Waals surface area contributed by atoms with Crippen LogP contribution < -0.4 is 10.0 Å². The first-order valence-electron chi connectivity index (χ1n) is 7.09. The van der Waals surface area contributed by atoms with Gasteiger partial charge in [0.05, 0.1) is 11.1 Å². The molecule has 124 valence electrons. The summed E-state index contributed by atoms with van der Waals surface area (Å²) in [4.78, 5) is 13.7. The summed E-state index contributed by atoms with van der Waals surface area (Å²) in [5.41, 5.74) is 0. The van der Waals surface area contributed by atoms with Crippen LogP contribution in [0.4, 0.5) is 5.13 Å². The summed E-state index contributed by atoms with van der Waals surface area (Å²) in [7, 11) is -3.18. The molecule has 10 heteroatoms. The Morgan fingerprint density at radius 3 is 2.78 bits per heavy atom. The van der Waals surface area contributed by atoms with E-state index in [-0.39, 0.29) is 5.91 Å². The van der Waals surface area contributed by atoms with Crippen LogP contribution in [-0.4, -0.2) is 37.3 Å². The highest BCUT2D eigenvalue weighted by molar-refractivity contribution is 7.88. The van der Waals surface area contributed by atoms with E-state index in [1.165, 1.54) is 22.7 Å². The van der Waals surface area contributed by atoms with Crippen LogP contribution in [0.1, 0.15) is 38.3 Å². The van der Waals surface area contributed by atoms with E-state index in [0.717, 1.165) is 29.0 Å². The van der Waals surface area contributed by atoms with Crippen molar-refractivity contribution in [3.63, 3.8) is 0 Å². The summed E-state index contributed by atoms with van der Waals surface area (Å²) < 4.78 is 24.4. The number of amides is 1. The Balaban J connectivity index is 1.54. The fourth-order valence-electron chi connectivity index (χ4n) is 1.93. The predicted molar refractivity (Wildman–Crippen MR) is 90.7 cm³/mol. The van der Waals surface area contributed by atoms with Crippen LogP contribution in [0, 0.1) is 0 Å². The van der Waals surface area contributed by atoms with Crippen molar-refractivity contribution in [1.82, 2.24) is 14.9 Å². The number of rotatable bonds is 7. The van der Waals surface area contributed by atoms with Gasteiger partial charge in [-0.25, -0.2) is 13.1 Å². The minimum Gasteiger partial charge on any atom is -0.296 e. The SMILES string of the molecule is CS(=O)(=O)NCCc1ccc(C(=O)Nc2nnc(C3CC3)s2)s1. The molecule has 23 heavy (non-hydrogen) atoms. The first-order chi connectivity index (χ1) is 10.9. The second kappa shape index (κ2) is 6.63. The summed E-state index contributed by atoms with van der Waals surface area (Å²) in [5.74, 6) is 0.310. The van der Waals surface area contributed by atoms with E-state index in [9.17, 15) is 13.2 Å². The minimum absolute atomic E-state index is 0.212. The number of hydrogen-bond donors (Lipinski definition) is 2. The maximum absolute atomic E-state index is 12.2. The molecule has 1 fully saturated rings. The van der Waals surface area contributed by atoms with Gasteiger partial charge in [-0.05, 0) is 31.4 Å². The maximum Gasteiger partial charge on any atom is 0.267 e. The van der Waals surface area contributed by atoms with E-state index in [1.54, 1.807) is 6.07 Å². The summed E-state index contributed by atoms with van der Waals surface area (Å²) in [6, 6.07) is 3.57. The molecule has 1 amide bonds. The molecule has 0 aromatic carbocycles. The molecule has 0 saturated heterocycles. The third-order valence-electron chi connectivity index (χ3n) is 3.21. The van der Waals surface area contributed by atoms with Gasteiger partial charge < -0.3 is 0 Å². The highest BCUT2D eigenvalue weighted by atomic mass is 32.2. The molecule has 2 heterocycles. The standard InChI is InChI=1S/C13H16N4O3S3/c1-23(19,20)14-7-6-9-4-5-10(21-9)11(18)15-13-17-16-12(22-13)8-2-3-8/h4-5,8,14H,2-3,6-7H2,1H3,(H,15,17,18). The van der Waals surface area contributed by atoms with Crippen LogP contribution in [0.3, 0.4) is 0 Å². The van der Waals surface area contributed by atoms with E-state index in [0.29, 0.717) is 28.9 Å². The third-order valence-corrected chi connectivity index (χ3v) is 6.08. The molecular weight excluding hydrogens is 356 g/mol. The maximum atomic E-state index is 12.2. The highest BCUT2D eigenvalue weighted by Crippen LogP contribution is 2.42. The molecule has 0 radical (unpaired) electrons. The first-order valence-corrected chi connectivity index (χ1v) is 10.6. The van der Waals surface area contributed by atoms with Crippen molar-refractivity contribution < 1.29 is 13.2 Å². The van der Waals surface area contributed by atoms with E-state index < -0.39 is 10.0 Å². The van der Waals surface area contributed by atoms with Crippen LogP contribution in [0.15, 0.2) is 12.1 Å². The zero-order chi connectivity index (χ0) is 16.4. The van der Waals surface area contributed by atoms with E-state index >= 15 is 0 Å². The Bertz CT molecular complexity index is 808. The van der Waals surface area contributed by atoms with Crippen molar-refractivity contribution in [2.75, 3.05) is 18.1 Å². The number of nitrogens with one attached hydrogen (secondary N) is 2. The molecule has 2 aromatic heterocycles. The lowest BCUT2D eigenvalue weighted by molar-refractivity contribution is 0.103. The molecule has 2 aromatic rings. The minimum atomic E-state index is -3.18. The zero-order valence-electron chi connectivity index (χ0n) is 12.4. The van der Waals surface area contributed by atoms with Gasteiger partial charge >= 0.3 is 0 Å². The number of anilines is 1. The van der Waals surface area contributed by atoms with Gasteiger partial charge in [0.25, 0.3) is 5.91 Å². The molecule has 0 spiro atoms. The molecule has 0 atom stereocenters. The third kappa shape index (κ3) is 4.80. The van der Waals surface area contributed by atoms with Crippen LogP contribution in [-0.2, 0) is 16.4 Å². The highest BCUT2D eigenvalue weighted by Gasteiger charge is 2.27. The van der Waals surface area contributed by atoms with Crippen LogP contribution in [0.25, 0.3) is 0 Å². The van der Waals surface area contributed by atoms with Crippen LogP contribution >= 0.6 is 22.7 Å². The summed E-state index contributed by atoms with van der Waals surface area (Å²) >= 11 is 2.77. The number of hydrogen-bond acceptors (Lipinski definition) is 7. The van der Waals surface area contributed by atoms with Crippen LogP contribution in [0.5, 0.6) is 0 Å². The van der Waals surface area contributed by atoms with Gasteiger partial charge in [0.15, 0.2) is 0 Å². The molecule has 2 N–H and O–H groups in total. The van der Waals surface area contributed by atoms with Gasteiger partial charge in [0.2, 0.25) is 15.2 Å². The van der Waals surface area contributed by atoms with Gasteiger partial charge in [0.1, 0.15) is 5.01 Å². The van der Waals surface area contributed by atoms with Gasteiger partial charge in [-0.1, -0.05) is 11.3 Å². The number of nitrogens with zero attached hydrogens (tertiary/aromatic N) is 2. The average Bonchev–Trinajstić information content (AvgIpc) is 3.03. The monoisotopic (exact) mass is 372 g/mol. The van der Waals surface area contributed by atoms with Gasteiger partial charge in [-0.3, -0.25) is 10.1 Å². The second-order valence-corrected chi connectivity index (χ2v) is 9.37. The van der Waals surface area contributed by atoms with Gasteiger partial charge in [-0.15, -0.1) is 21.5 Å². The summed E-state index contributed by atoms with van der Waals surface area (Å²) in [6.07, 6.45) is 3.98. The van der Waals surface area contributed by atoms with Crippen molar-refractivity contribution >= 4 is 43.7 Å². The van der Waals surface area contributed by atoms with Crippen LogP contribution in [0.2, 0.25) is 0 Å². The van der Waals surface area contributed by atoms with Crippen molar-refractivity contribution in [2.45, 2.75) is 25.2 Å². The smallest absolute Gasteiger partial charge is 0.267 e. The quantitative estimate of drug-likeness (QED) is 0.772. The molecule has 7 nitrogen and oxygen atoms in total. The van der Waals surface area contributed by atoms with E-state index in [4.69, 9.17) is 0 Å². The number of sulfonamides is 1. The first kappa shape index (κ1) is 16.5. The zero-order valence-corrected chi connectivity index (χ0v) is 14.9. The second-order valence-electron chi connectivity index (χ2n) is 5.36. The Labute approximate surface area is 142 Å². The van der Waals surface area contributed by atoms with E-state index in [2.05, 4.69) is 20.2 Å². The molecule has 1 aliphatic rings. The lowest BCUT2D eigenvalue weighted by Gasteiger charge is -2.00. The number of thiophene rings is 1. The summed E-state index contributed by atoms with van der Waals surface area (Å²) in [6.45, 7) is 0.321. The topological polar surface area (TPSA) is 101 Å².